The average Bonchev–Trinajstić information content (AvgIpc) is 2.52. The number of rotatable bonds is 6. The molecule has 110 valence electrons. The molecule has 21 heavy (non-hydrogen) atoms. The molecule has 0 heterocycles. The third-order valence-corrected chi connectivity index (χ3v) is 4.74. The van der Waals surface area contributed by atoms with E-state index in [-0.39, 0.29) is 11.9 Å². The van der Waals surface area contributed by atoms with Gasteiger partial charge in [-0.2, -0.15) is 0 Å². The van der Waals surface area contributed by atoms with Crippen LogP contribution in [0.4, 0.5) is 0 Å². The molecule has 2 nitrogen and oxygen atoms in total. The van der Waals surface area contributed by atoms with E-state index in [9.17, 15) is 4.79 Å². The average molecular weight is 365 g/mol. The Morgan fingerprint density at radius 1 is 1.14 bits per heavy atom. The molecule has 0 N–H and O–H groups in total. The van der Waals surface area contributed by atoms with Gasteiger partial charge in [-0.25, -0.2) is 0 Å². The molecule has 1 atom stereocenters. The first-order valence-electron chi connectivity index (χ1n) is 6.74. The van der Waals surface area contributed by atoms with E-state index in [1.54, 1.807) is 11.8 Å². The van der Waals surface area contributed by atoms with Gasteiger partial charge in [-0.3, -0.25) is 4.79 Å². The standard InChI is InChI=1S/C17H17BrO2S/c1-13(12-21-16-9-7-15(18)8-10-16)17(19)20-11-14-5-3-2-4-6-14/h2-10,13H,11-12H2,1H3. The summed E-state index contributed by atoms with van der Waals surface area (Å²) in [6.45, 7) is 2.24. The lowest BCUT2D eigenvalue weighted by Gasteiger charge is -2.11. The van der Waals surface area contributed by atoms with Crippen molar-refractivity contribution in [3.63, 3.8) is 0 Å². The van der Waals surface area contributed by atoms with Gasteiger partial charge in [-0.15, -0.1) is 11.8 Å². The molecule has 0 aliphatic carbocycles. The first-order valence-corrected chi connectivity index (χ1v) is 8.52. The van der Waals surface area contributed by atoms with E-state index in [1.165, 1.54) is 0 Å². The van der Waals surface area contributed by atoms with Crippen LogP contribution in [0.15, 0.2) is 64.0 Å². The van der Waals surface area contributed by atoms with Gasteiger partial charge in [-0.05, 0) is 29.8 Å². The maximum absolute atomic E-state index is 11.9. The van der Waals surface area contributed by atoms with E-state index >= 15 is 0 Å². The topological polar surface area (TPSA) is 26.3 Å². The summed E-state index contributed by atoms with van der Waals surface area (Å²) in [5.41, 5.74) is 1.01. The van der Waals surface area contributed by atoms with Crippen LogP contribution in [0.25, 0.3) is 0 Å². The maximum atomic E-state index is 11.9. The molecule has 0 saturated heterocycles. The van der Waals surface area contributed by atoms with Crippen LogP contribution < -0.4 is 0 Å². The van der Waals surface area contributed by atoms with Crippen molar-refractivity contribution >= 4 is 33.7 Å². The summed E-state index contributed by atoms with van der Waals surface area (Å²) in [6.07, 6.45) is 0. The van der Waals surface area contributed by atoms with E-state index in [4.69, 9.17) is 4.74 Å². The summed E-state index contributed by atoms with van der Waals surface area (Å²) in [5, 5.41) is 0. The zero-order valence-electron chi connectivity index (χ0n) is 11.8. The monoisotopic (exact) mass is 364 g/mol. The molecular weight excluding hydrogens is 348 g/mol. The maximum Gasteiger partial charge on any atom is 0.309 e. The van der Waals surface area contributed by atoms with Gasteiger partial charge in [0.05, 0.1) is 5.92 Å². The summed E-state index contributed by atoms with van der Waals surface area (Å²) in [4.78, 5) is 13.1. The minimum absolute atomic E-state index is 0.123. The lowest BCUT2D eigenvalue weighted by molar-refractivity contribution is -0.148. The predicted molar refractivity (Wildman–Crippen MR) is 90.3 cm³/mol. The van der Waals surface area contributed by atoms with Gasteiger partial charge in [0, 0.05) is 15.1 Å². The third-order valence-electron chi connectivity index (χ3n) is 2.94. The van der Waals surface area contributed by atoms with Crippen molar-refractivity contribution in [3.8, 4) is 0 Å². The summed E-state index contributed by atoms with van der Waals surface area (Å²) in [5.74, 6) is 0.445. The van der Waals surface area contributed by atoms with Crippen molar-refractivity contribution in [1.29, 1.82) is 0 Å². The second-order valence-corrected chi connectivity index (χ2v) is 6.77. The van der Waals surface area contributed by atoms with E-state index in [0.29, 0.717) is 6.61 Å². The first-order chi connectivity index (χ1) is 10.1. The van der Waals surface area contributed by atoms with Crippen LogP contribution in [-0.4, -0.2) is 11.7 Å². The van der Waals surface area contributed by atoms with Gasteiger partial charge in [0.25, 0.3) is 0 Å². The number of carbonyl (C=O) groups excluding carboxylic acids is 1. The van der Waals surface area contributed by atoms with Crippen molar-refractivity contribution < 1.29 is 9.53 Å². The highest BCUT2D eigenvalue weighted by molar-refractivity contribution is 9.10. The summed E-state index contributed by atoms with van der Waals surface area (Å²) in [7, 11) is 0. The molecule has 2 aromatic rings. The number of thioether (sulfide) groups is 1. The fraction of sp³-hybridized carbons (Fsp3) is 0.235. The molecule has 0 fully saturated rings. The lowest BCUT2D eigenvalue weighted by atomic mass is 10.2. The molecule has 0 radical (unpaired) electrons. The van der Waals surface area contributed by atoms with Gasteiger partial charge >= 0.3 is 5.97 Å². The highest BCUT2D eigenvalue weighted by Crippen LogP contribution is 2.23. The van der Waals surface area contributed by atoms with Crippen LogP contribution in [0, 0.1) is 5.92 Å². The van der Waals surface area contributed by atoms with Crippen LogP contribution >= 0.6 is 27.7 Å². The second-order valence-electron chi connectivity index (χ2n) is 4.76. The Hall–Kier alpha value is -1.26. The van der Waals surface area contributed by atoms with E-state index in [2.05, 4.69) is 15.9 Å². The zero-order valence-corrected chi connectivity index (χ0v) is 14.2. The summed E-state index contributed by atoms with van der Waals surface area (Å²) in [6, 6.07) is 17.8. The van der Waals surface area contributed by atoms with Crippen molar-refractivity contribution in [3.05, 3.63) is 64.6 Å². The van der Waals surface area contributed by atoms with E-state index < -0.39 is 0 Å². The van der Waals surface area contributed by atoms with Crippen molar-refractivity contribution in [2.45, 2.75) is 18.4 Å². The van der Waals surface area contributed by atoms with Gasteiger partial charge in [-0.1, -0.05) is 53.2 Å². The van der Waals surface area contributed by atoms with E-state index in [1.807, 2.05) is 61.5 Å². The van der Waals surface area contributed by atoms with Crippen molar-refractivity contribution in [2.75, 3.05) is 5.75 Å². The molecule has 1 unspecified atom stereocenters. The SMILES string of the molecule is CC(CSc1ccc(Br)cc1)C(=O)OCc1ccccc1. The Bertz CT molecular complexity index is 569. The smallest absolute Gasteiger partial charge is 0.309 e. The lowest BCUT2D eigenvalue weighted by Crippen LogP contribution is -2.16. The second kappa shape index (κ2) is 8.25. The van der Waals surface area contributed by atoms with Gasteiger partial charge in [0.1, 0.15) is 6.61 Å². The largest absolute Gasteiger partial charge is 0.461 e. The fourth-order valence-corrected chi connectivity index (χ4v) is 2.86. The fourth-order valence-electron chi connectivity index (χ4n) is 1.69. The molecule has 0 bridgehead atoms. The minimum Gasteiger partial charge on any atom is -0.461 e. The number of ether oxygens (including phenoxy) is 1. The van der Waals surface area contributed by atoms with E-state index in [0.717, 1.165) is 20.7 Å². The van der Waals surface area contributed by atoms with Gasteiger partial charge < -0.3 is 4.74 Å². The first kappa shape index (κ1) is 16.1. The number of benzene rings is 2. The third kappa shape index (κ3) is 5.56. The Labute approximate surface area is 138 Å². The Morgan fingerprint density at radius 3 is 2.48 bits per heavy atom. The summed E-state index contributed by atoms with van der Waals surface area (Å²) < 4.78 is 6.40. The van der Waals surface area contributed by atoms with Gasteiger partial charge in [0.2, 0.25) is 0 Å². The molecule has 0 saturated carbocycles. The van der Waals surface area contributed by atoms with Crippen LogP contribution in [0.3, 0.4) is 0 Å². The molecule has 4 heteroatoms. The minimum atomic E-state index is -0.150. The molecule has 0 amide bonds. The zero-order chi connectivity index (χ0) is 15.1. The van der Waals surface area contributed by atoms with Crippen molar-refractivity contribution in [1.82, 2.24) is 0 Å². The molecule has 0 aromatic heterocycles. The highest BCUT2D eigenvalue weighted by atomic mass is 79.9. The van der Waals surface area contributed by atoms with Crippen LogP contribution in [-0.2, 0) is 16.1 Å². The highest BCUT2D eigenvalue weighted by Gasteiger charge is 2.14. The molecule has 0 aliphatic rings. The molecule has 0 aliphatic heterocycles. The quantitative estimate of drug-likeness (QED) is 0.537. The Balaban J connectivity index is 1.76. The Kier molecular flexibility index (Phi) is 6.33. The predicted octanol–water partition coefficient (Wildman–Crippen LogP) is 4.92. The number of hydrogen-bond acceptors (Lipinski definition) is 3. The number of esters is 1. The molecule has 2 aromatic carbocycles. The number of hydrogen-bond donors (Lipinski definition) is 0. The number of halogens is 1. The van der Waals surface area contributed by atoms with Gasteiger partial charge in [0.15, 0.2) is 0 Å². The van der Waals surface area contributed by atoms with Crippen LogP contribution in [0.1, 0.15) is 12.5 Å². The van der Waals surface area contributed by atoms with Crippen molar-refractivity contribution in [2.24, 2.45) is 5.92 Å². The molecular formula is C17H17BrO2S. The van der Waals surface area contributed by atoms with Crippen LogP contribution in [0.2, 0.25) is 0 Å². The number of carbonyl (C=O) groups is 1. The normalized spacial score (nSPS) is 11.9. The molecule has 0 spiro atoms. The summed E-state index contributed by atoms with van der Waals surface area (Å²) >= 11 is 5.07. The molecule has 2 rings (SSSR count). The Morgan fingerprint density at radius 2 is 1.81 bits per heavy atom. The van der Waals surface area contributed by atoms with Crippen LogP contribution in [0.5, 0.6) is 0 Å².